The number of aromatic carboxylic acids is 1. The number of anilines is 1. The van der Waals surface area contributed by atoms with Gasteiger partial charge in [-0.2, -0.15) is 0 Å². The Hall–Kier alpha value is -2.41. The Kier molecular flexibility index (Phi) is 3.24. The van der Waals surface area contributed by atoms with Crippen molar-refractivity contribution in [3.8, 4) is 5.75 Å². The van der Waals surface area contributed by atoms with Crippen molar-refractivity contribution in [3.05, 3.63) is 40.9 Å². The Morgan fingerprint density at radius 2 is 2.11 bits per heavy atom. The predicted molar refractivity (Wildman–Crippen MR) is 65.1 cm³/mol. The van der Waals surface area contributed by atoms with Crippen LogP contribution in [0.3, 0.4) is 0 Å². The molecular formula is C11H8N2O4S. The van der Waals surface area contributed by atoms with Crippen LogP contribution in [0.5, 0.6) is 5.75 Å². The van der Waals surface area contributed by atoms with E-state index in [1.807, 2.05) is 0 Å². The molecule has 92 valence electrons. The van der Waals surface area contributed by atoms with Gasteiger partial charge < -0.3 is 10.2 Å². The van der Waals surface area contributed by atoms with Gasteiger partial charge in [-0.05, 0) is 12.1 Å². The summed E-state index contributed by atoms with van der Waals surface area (Å²) in [5.74, 6) is -2.44. The van der Waals surface area contributed by atoms with E-state index in [1.165, 1.54) is 35.7 Å². The summed E-state index contributed by atoms with van der Waals surface area (Å²) in [5.41, 5.74) is -0.538. The average Bonchev–Trinajstić information content (AvgIpc) is 2.80. The zero-order valence-corrected chi connectivity index (χ0v) is 9.77. The highest BCUT2D eigenvalue weighted by molar-refractivity contribution is 7.13. The van der Waals surface area contributed by atoms with Crippen LogP contribution < -0.4 is 5.32 Å². The van der Waals surface area contributed by atoms with Gasteiger partial charge in [0.05, 0.1) is 5.56 Å². The first kappa shape index (κ1) is 12.1. The molecule has 2 rings (SSSR count). The van der Waals surface area contributed by atoms with Gasteiger partial charge in [-0.1, -0.05) is 6.07 Å². The van der Waals surface area contributed by atoms with Gasteiger partial charge in [-0.25, -0.2) is 9.78 Å². The molecular weight excluding hydrogens is 256 g/mol. The van der Waals surface area contributed by atoms with E-state index >= 15 is 0 Å². The van der Waals surface area contributed by atoms with Gasteiger partial charge in [-0.15, -0.1) is 11.3 Å². The maximum absolute atomic E-state index is 11.9. The summed E-state index contributed by atoms with van der Waals surface area (Å²) in [6.45, 7) is 0. The van der Waals surface area contributed by atoms with E-state index < -0.39 is 23.2 Å². The monoisotopic (exact) mass is 264 g/mol. The minimum Gasteiger partial charge on any atom is -0.507 e. The first-order valence-electron chi connectivity index (χ1n) is 4.85. The number of carbonyl (C=O) groups is 2. The molecule has 0 unspecified atom stereocenters. The van der Waals surface area contributed by atoms with Crippen LogP contribution >= 0.6 is 11.3 Å². The number of thiazole rings is 1. The zero-order chi connectivity index (χ0) is 13.1. The number of phenols is 1. The average molecular weight is 264 g/mol. The van der Waals surface area contributed by atoms with Crippen molar-refractivity contribution >= 4 is 28.3 Å². The van der Waals surface area contributed by atoms with Crippen molar-refractivity contribution in [1.82, 2.24) is 4.98 Å². The fourth-order valence-electron chi connectivity index (χ4n) is 1.40. The summed E-state index contributed by atoms with van der Waals surface area (Å²) < 4.78 is 0. The fourth-order valence-corrected chi connectivity index (χ4v) is 1.93. The molecule has 0 spiro atoms. The molecule has 18 heavy (non-hydrogen) atoms. The number of carbonyl (C=O) groups excluding carboxylic acids is 1. The number of hydrogen-bond donors (Lipinski definition) is 3. The molecule has 0 saturated heterocycles. The molecule has 0 atom stereocenters. The first-order valence-corrected chi connectivity index (χ1v) is 5.73. The highest BCUT2D eigenvalue weighted by Crippen LogP contribution is 2.22. The minimum absolute atomic E-state index is 0.113. The predicted octanol–water partition coefficient (Wildman–Crippen LogP) is 1.80. The lowest BCUT2D eigenvalue weighted by molar-refractivity contribution is 0.0689. The maximum atomic E-state index is 11.9. The molecule has 1 aromatic carbocycles. The molecule has 6 nitrogen and oxygen atoms in total. The molecule has 0 bridgehead atoms. The molecule has 0 aliphatic heterocycles. The molecule has 1 heterocycles. The van der Waals surface area contributed by atoms with E-state index in [4.69, 9.17) is 5.11 Å². The van der Waals surface area contributed by atoms with Crippen LogP contribution in [0, 0.1) is 0 Å². The minimum atomic E-state index is -1.36. The standard InChI is InChI=1S/C11H8N2O4S/c14-7-3-1-2-6(8(7)10(16)17)9(15)13-11-12-4-5-18-11/h1-5,14H,(H,16,17)(H,12,13,15). The maximum Gasteiger partial charge on any atom is 0.340 e. The van der Waals surface area contributed by atoms with Gasteiger partial charge in [0.2, 0.25) is 0 Å². The molecule has 0 radical (unpaired) electrons. The van der Waals surface area contributed by atoms with Crippen LogP contribution in [0.1, 0.15) is 20.7 Å². The Labute approximate surface area is 106 Å². The zero-order valence-electron chi connectivity index (χ0n) is 8.95. The van der Waals surface area contributed by atoms with Gasteiger partial charge in [-0.3, -0.25) is 10.1 Å². The van der Waals surface area contributed by atoms with Gasteiger partial charge >= 0.3 is 5.97 Å². The van der Waals surface area contributed by atoms with Crippen molar-refractivity contribution in [2.75, 3.05) is 5.32 Å². The summed E-state index contributed by atoms with van der Waals surface area (Å²) in [5, 5.41) is 22.9. The largest absolute Gasteiger partial charge is 0.507 e. The first-order chi connectivity index (χ1) is 8.59. The lowest BCUT2D eigenvalue weighted by Gasteiger charge is -2.06. The van der Waals surface area contributed by atoms with E-state index in [0.717, 1.165) is 0 Å². The molecule has 0 aliphatic carbocycles. The number of amides is 1. The Bertz CT molecular complexity index is 595. The topological polar surface area (TPSA) is 99.5 Å². The second kappa shape index (κ2) is 4.84. The lowest BCUT2D eigenvalue weighted by atomic mass is 10.1. The fraction of sp³-hybridized carbons (Fsp3) is 0. The van der Waals surface area contributed by atoms with Crippen LogP contribution in [0.4, 0.5) is 5.13 Å². The lowest BCUT2D eigenvalue weighted by Crippen LogP contribution is -2.16. The van der Waals surface area contributed by atoms with Gasteiger partial charge in [0.15, 0.2) is 5.13 Å². The summed E-state index contributed by atoms with van der Waals surface area (Å²) in [4.78, 5) is 26.7. The number of benzene rings is 1. The third-order valence-electron chi connectivity index (χ3n) is 2.15. The van der Waals surface area contributed by atoms with Gasteiger partial charge in [0.25, 0.3) is 5.91 Å². The molecule has 0 saturated carbocycles. The molecule has 3 N–H and O–H groups in total. The molecule has 2 aromatic rings. The number of carboxylic acids is 1. The van der Waals surface area contributed by atoms with E-state index in [-0.39, 0.29) is 5.56 Å². The van der Waals surface area contributed by atoms with Crippen molar-refractivity contribution in [1.29, 1.82) is 0 Å². The Balaban J connectivity index is 2.36. The van der Waals surface area contributed by atoms with Gasteiger partial charge in [0, 0.05) is 11.6 Å². The summed E-state index contributed by atoms with van der Waals surface area (Å²) in [7, 11) is 0. The highest BCUT2D eigenvalue weighted by Gasteiger charge is 2.20. The van der Waals surface area contributed by atoms with Crippen LogP contribution in [-0.4, -0.2) is 27.1 Å². The number of aromatic nitrogens is 1. The molecule has 0 fully saturated rings. The molecule has 0 aliphatic rings. The number of hydrogen-bond acceptors (Lipinski definition) is 5. The van der Waals surface area contributed by atoms with Gasteiger partial charge in [0.1, 0.15) is 11.3 Å². The van der Waals surface area contributed by atoms with Crippen LogP contribution in [0.15, 0.2) is 29.8 Å². The normalized spacial score (nSPS) is 10.0. The molecule has 7 heteroatoms. The summed E-state index contributed by atoms with van der Waals surface area (Å²) in [6, 6.07) is 3.94. The number of aromatic hydroxyl groups is 1. The second-order valence-electron chi connectivity index (χ2n) is 3.30. The van der Waals surface area contributed by atoms with Crippen LogP contribution in [-0.2, 0) is 0 Å². The van der Waals surface area contributed by atoms with Crippen molar-refractivity contribution in [3.63, 3.8) is 0 Å². The third-order valence-corrected chi connectivity index (χ3v) is 2.84. The van der Waals surface area contributed by atoms with Crippen molar-refractivity contribution in [2.45, 2.75) is 0 Å². The summed E-state index contributed by atoms with van der Waals surface area (Å²) >= 11 is 1.21. The van der Waals surface area contributed by atoms with E-state index in [9.17, 15) is 14.7 Å². The SMILES string of the molecule is O=C(Nc1nccs1)c1cccc(O)c1C(=O)O. The smallest absolute Gasteiger partial charge is 0.340 e. The van der Waals surface area contributed by atoms with E-state index in [1.54, 1.807) is 5.38 Å². The highest BCUT2D eigenvalue weighted by atomic mass is 32.1. The quantitative estimate of drug-likeness (QED) is 0.785. The third kappa shape index (κ3) is 2.30. The number of rotatable bonds is 3. The Morgan fingerprint density at radius 3 is 2.72 bits per heavy atom. The van der Waals surface area contributed by atoms with Crippen molar-refractivity contribution in [2.24, 2.45) is 0 Å². The number of carboxylic acid groups (broad SMARTS) is 1. The second-order valence-corrected chi connectivity index (χ2v) is 4.19. The van der Waals surface area contributed by atoms with Crippen LogP contribution in [0.2, 0.25) is 0 Å². The number of nitrogens with zero attached hydrogens (tertiary/aromatic N) is 1. The Morgan fingerprint density at radius 1 is 1.33 bits per heavy atom. The van der Waals surface area contributed by atoms with Crippen LogP contribution in [0.25, 0.3) is 0 Å². The number of nitrogens with one attached hydrogen (secondary N) is 1. The van der Waals surface area contributed by atoms with E-state index in [2.05, 4.69) is 10.3 Å². The molecule has 1 aromatic heterocycles. The van der Waals surface area contributed by atoms with Crippen molar-refractivity contribution < 1.29 is 19.8 Å². The summed E-state index contributed by atoms with van der Waals surface area (Å²) in [6.07, 6.45) is 1.51. The van der Waals surface area contributed by atoms with E-state index in [0.29, 0.717) is 5.13 Å². The molecule has 1 amide bonds.